The van der Waals surface area contributed by atoms with E-state index in [4.69, 9.17) is 5.11 Å². The lowest BCUT2D eigenvalue weighted by Crippen LogP contribution is -2.38. The zero-order valence-corrected chi connectivity index (χ0v) is 11.4. The second kappa shape index (κ2) is 6.03. The summed E-state index contributed by atoms with van der Waals surface area (Å²) in [5, 5.41) is 8.76. The predicted molar refractivity (Wildman–Crippen MR) is 72.0 cm³/mol. The molecule has 1 aliphatic rings. The molecular formula is C15H18FNO3. The molecule has 1 fully saturated rings. The molecule has 1 aromatic carbocycles. The first-order valence-electron chi connectivity index (χ1n) is 6.74. The van der Waals surface area contributed by atoms with E-state index < -0.39 is 5.97 Å². The molecular weight excluding hydrogens is 261 g/mol. The Bertz CT molecular complexity index is 522. The fraction of sp³-hybridized carbons (Fsp3) is 0.467. The van der Waals surface area contributed by atoms with E-state index in [-0.39, 0.29) is 24.1 Å². The average Bonchev–Trinajstić information content (AvgIpc) is 2.41. The molecule has 0 aliphatic carbocycles. The number of piperidine rings is 1. The highest BCUT2D eigenvalue weighted by Crippen LogP contribution is 2.22. The molecule has 0 aromatic heterocycles. The van der Waals surface area contributed by atoms with E-state index in [0.29, 0.717) is 37.1 Å². The Morgan fingerprint density at radius 3 is 2.55 bits per heavy atom. The van der Waals surface area contributed by atoms with Gasteiger partial charge in [0.2, 0.25) is 0 Å². The molecule has 1 saturated heterocycles. The molecule has 0 spiro atoms. The molecule has 5 heteroatoms. The second-order valence-electron chi connectivity index (χ2n) is 5.30. The van der Waals surface area contributed by atoms with Crippen molar-refractivity contribution in [3.8, 4) is 0 Å². The third kappa shape index (κ3) is 3.35. The van der Waals surface area contributed by atoms with Gasteiger partial charge in [0, 0.05) is 25.1 Å². The summed E-state index contributed by atoms with van der Waals surface area (Å²) in [6, 6.07) is 4.36. The van der Waals surface area contributed by atoms with Crippen molar-refractivity contribution in [3.05, 3.63) is 35.1 Å². The predicted octanol–water partition coefficient (Wildman–Crippen LogP) is 2.46. The maximum absolute atomic E-state index is 13.2. The monoisotopic (exact) mass is 279 g/mol. The summed E-state index contributed by atoms with van der Waals surface area (Å²) in [6.07, 6.45) is 1.58. The van der Waals surface area contributed by atoms with Gasteiger partial charge < -0.3 is 10.0 Å². The van der Waals surface area contributed by atoms with Crippen LogP contribution in [0.2, 0.25) is 0 Å². The van der Waals surface area contributed by atoms with Crippen LogP contribution >= 0.6 is 0 Å². The Labute approximate surface area is 117 Å². The van der Waals surface area contributed by atoms with Crippen LogP contribution in [0.5, 0.6) is 0 Å². The van der Waals surface area contributed by atoms with Gasteiger partial charge in [0.1, 0.15) is 5.82 Å². The Morgan fingerprint density at radius 2 is 2.00 bits per heavy atom. The Kier molecular flexibility index (Phi) is 4.37. The van der Waals surface area contributed by atoms with Crippen molar-refractivity contribution in [2.45, 2.75) is 26.2 Å². The molecule has 0 radical (unpaired) electrons. The van der Waals surface area contributed by atoms with Crippen LogP contribution in [0.3, 0.4) is 0 Å². The van der Waals surface area contributed by atoms with Crippen LogP contribution in [0.1, 0.15) is 35.2 Å². The number of likely N-dealkylation sites (tertiary alicyclic amines) is 1. The maximum atomic E-state index is 13.2. The molecule has 20 heavy (non-hydrogen) atoms. The SMILES string of the molecule is Cc1cc(C(=O)N2CCC(CC(=O)O)CC2)ccc1F. The number of aryl methyl sites for hydroxylation is 1. The van der Waals surface area contributed by atoms with E-state index in [1.807, 2.05) is 0 Å². The van der Waals surface area contributed by atoms with E-state index in [0.717, 1.165) is 0 Å². The second-order valence-corrected chi connectivity index (χ2v) is 5.30. The fourth-order valence-corrected chi connectivity index (χ4v) is 2.55. The van der Waals surface area contributed by atoms with Crippen molar-refractivity contribution >= 4 is 11.9 Å². The van der Waals surface area contributed by atoms with E-state index >= 15 is 0 Å². The first-order valence-corrected chi connectivity index (χ1v) is 6.74. The van der Waals surface area contributed by atoms with Gasteiger partial charge in [-0.1, -0.05) is 0 Å². The van der Waals surface area contributed by atoms with Gasteiger partial charge in [-0.3, -0.25) is 9.59 Å². The molecule has 1 N–H and O–H groups in total. The number of carboxylic acid groups (broad SMARTS) is 1. The van der Waals surface area contributed by atoms with Crippen molar-refractivity contribution in [2.75, 3.05) is 13.1 Å². The van der Waals surface area contributed by atoms with Crippen molar-refractivity contribution in [2.24, 2.45) is 5.92 Å². The number of aliphatic carboxylic acids is 1. The molecule has 1 aromatic rings. The number of nitrogens with zero attached hydrogens (tertiary/aromatic N) is 1. The number of hydrogen-bond donors (Lipinski definition) is 1. The molecule has 108 valence electrons. The summed E-state index contributed by atoms with van der Waals surface area (Å²) in [5.41, 5.74) is 0.942. The summed E-state index contributed by atoms with van der Waals surface area (Å²) >= 11 is 0. The summed E-state index contributed by atoms with van der Waals surface area (Å²) in [6.45, 7) is 2.76. The summed E-state index contributed by atoms with van der Waals surface area (Å²) < 4.78 is 13.2. The fourth-order valence-electron chi connectivity index (χ4n) is 2.55. The molecule has 0 bridgehead atoms. The lowest BCUT2D eigenvalue weighted by molar-refractivity contribution is -0.138. The van der Waals surface area contributed by atoms with Gasteiger partial charge in [-0.25, -0.2) is 4.39 Å². The van der Waals surface area contributed by atoms with Gasteiger partial charge in [0.25, 0.3) is 5.91 Å². The normalized spacial score (nSPS) is 16.2. The summed E-state index contributed by atoms with van der Waals surface area (Å²) in [4.78, 5) is 24.7. The van der Waals surface area contributed by atoms with Gasteiger partial charge >= 0.3 is 5.97 Å². The first kappa shape index (κ1) is 14.5. The van der Waals surface area contributed by atoms with Crippen LogP contribution in [0.25, 0.3) is 0 Å². The minimum absolute atomic E-state index is 0.109. The van der Waals surface area contributed by atoms with Crippen LogP contribution in [0.15, 0.2) is 18.2 Å². The Morgan fingerprint density at radius 1 is 1.35 bits per heavy atom. The number of halogens is 1. The maximum Gasteiger partial charge on any atom is 0.303 e. The number of hydrogen-bond acceptors (Lipinski definition) is 2. The first-order chi connectivity index (χ1) is 9.47. The number of carboxylic acids is 1. The minimum Gasteiger partial charge on any atom is -0.481 e. The molecule has 0 atom stereocenters. The van der Waals surface area contributed by atoms with Gasteiger partial charge in [-0.2, -0.15) is 0 Å². The van der Waals surface area contributed by atoms with Crippen molar-refractivity contribution < 1.29 is 19.1 Å². The molecule has 2 rings (SSSR count). The summed E-state index contributed by atoms with van der Waals surface area (Å²) in [7, 11) is 0. The topological polar surface area (TPSA) is 57.6 Å². The quantitative estimate of drug-likeness (QED) is 0.924. The highest BCUT2D eigenvalue weighted by Gasteiger charge is 2.25. The number of carbonyl (C=O) groups is 2. The van der Waals surface area contributed by atoms with Gasteiger partial charge in [-0.05, 0) is 49.4 Å². The highest BCUT2D eigenvalue weighted by molar-refractivity contribution is 5.94. The van der Waals surface area contributed by atoms with Gasteiger partial charge in [-0.15, -0.1) is 0 Å². The van der Waals surface area contributed by atoms with Crippen LogP contribution in [0, 0.1) is 18.7 Å². The van der Waals surface area contributed by atoms with Crippen LogP contribution in [0.4, 0.5) is 4.39 Å². The zero-order chi connectivity index (χ0) is 14.7. The van der Waals surface area contributed by atoms with E-state index in [1.165, 1.54) is 12.1 Å². The van der Waals surface area contributed by atoms with E-state index in [2.05, 4.69) is 0 Å². The van der Waals surface area contributed by atoms with E-state index in [1.54, 1.807) is 17.9 Å². The lowest BCUT2D eigenvalue weighted by atomic mass is 9.93. The van der Waals surface area contributed by atoms with Crippen molar-refractivity contribution in [1.82, 2.24) is 4.90 Å². The van der Waals surface area contributed by atoms with Crippen molar-refractivity contribution in [3.63, 3.8) is 0 Å². The van der Waals surface area contributed by atoms with Crippen molar-refractivity contribution in [1.29, 1.82) is 0 Å². The Hall–Kier alpha value is -1.91. The minimum atomic E-state index is -0.788. The van der Waals surface area contributed by atoms with Crippen LogP contribution < -0.4 is 0 Å². The largest absolute Gasteiger partial charge is 0.481 e. The number of amides is 1. The molecule has 0 saturated carbocycles. The number of carbonyl (C=O) groups excluding carboxylic acids is 1. The van der Waals surface area contributed by atoms with Gasteiger partial charge in [0.05, 0.1) is 0 Å². The highest BCUT2D eigenvalue weighted by atomic mass is 19.1. The van der Waals surface area contributed by atoms with Crippen LogP contribution in [-0.4, -0.2) is 35.0 Å². The molecule has 1 heterocycles. The third-order valence-corrected chi connectivity index (χ3v) is 3.77. The average molecular weight is 279 g/mol. The summed E-state index contributed by atoms with van der Waals surface area (Å²) in [5.74, 6) is -1.07. The van der Waals surface area contributed by atoms with Gasteiger partial charge in [0.15, 0.2) is 0 Å². The molecule has 1 aliphatic heterocycles. The zero-order valence-electron chi connectivity index (χ0n) is 11.4. The molecule has 4 nitrogen and oxygen atoms in total. The molecule has 0 unspecified atom stereocenters. The number of benzene rings is 1. The third-order valence-electron chi connectivity index (χ3n) is 3.77. The van der Waals surface area contributed by atoms with E-state index in [9.17, 15) is 14.0 Å². The standard InChI is InChI=1S/C15H18FNO3/c1-10-8-12(2-3-13(10)16)15(20)17-6-4-11(5-7-17)9-14(18)19/h2-3,8,11H,4-7,9H2,1H3,(H,18,19). The molecule has 1 amide bonds. The Balaban J connectivity index is 1.97. The van der Waals surface area contributed by atoms with Crippen LogP contribution in [-0.2, 0) is 4.79 Å². The smallest absolute Gasteiger partial charge is 0.303 e. The number of rotatable bonds is 3. The lowest BCUT2D eigenvalue weighted by Gasteiger charge is -2.31.